The number of rotatable bonds is 7. The Hall–Kier alpha value is -1.75. The average molecular weight is 293 g/mol. The topological polar surface area (TPSA) is 70.8 Å². The average Bonchev–Trinajstić information content (AvgIpc) is 2.82. The van der Waals surface area contributed by atoms with Gasteiger partial charge in [-0.15, -0.1) is 0 Å². The lowest BCUT2D eigenvalue weighted by molar-refractivity contribution is -0.143. The molecule has 1 atom stereocenters. The molecule has 0 saturated carbocycles. The van der Waals surface area contributed by atoms with Gasteiger partial charge in [-0.3, -0.25) is 4.79 Å². The second kappa shape index (κ2) is 7.31. The van der Waals surface area contributed by atoms with E-state index in [9.17, 15) is 4.79 Å². The van der Waals surface area contributed by atoms with E-state index < -0.39 is 0 Å². The van der Waals surface area contributed by atoms with Crippen molar-refractivity contribution in [3.05, 3.63) is 23.3 Å². The minimum absolute atomic E-state index is 0.129. The summed E-state index contributed by atoms with van der Waals surface area (Å²) >= 11 is 0. The lowest BCUT2D eigenvalue weighted by Gasteiger charge is -2.15. The molecule has 2 N–H and O–H groups in total. The predicted molar refractivity (Wildman–Crippen MR) is 79.7 cm³/mol. The van der Waals surface area contributed by atoms with E-state index in [2.05, 4.69) is 0 Å². The first kappa shape index (κ1) is 15.6. The molecule has 1 aromatic rings. The number of ether oxygens (including phenoxy) is 3. The van der Waals surface area contributed by atoms with Crippen LogP contribution >= 0.6 is 0 Å². The highest BCUT2D eigenvalue weighted by Crippen LogP contribution is 2.38. The highest BCUT2D eigenvalue weighted by atomic mass is 16.5. The number of benzene rings is 1. The van der Waals surface area contributed by atoms with Crippen LogP contribution in [0.4, 0.5) is 0 Å². The lowest BCUT2D eigenvalue weighted by atomic mass is 10.1. The van der Waals surface area contributed by atoms with E-state index in [1.54, 1.807) is 6.92 Å². The molecule has 1 aliphatic rings. The van der Waals surface area contributed by atoms with Crippen molar-refractivity contribution in [3.63, 3.8) is 0 Å². The van der Waals surface area contributed by atoms with Gasteiger partial charge in [0.25, 0.3) is 0 Å². The number of hydrogen-bond acceptors (Lipinski definition) is 5. The van der Waals surface area contributed by atoms with Crippen LogP contribution in [0.25, 0.3) is 0 Å². The normalized spacial score (nSPS) is 16.4. The van der Waals surface area contributed by atoms with Crippen LogP contribution in [0.15, 0.2) is 12.1 Å². The van der Waals surface area contributed by atoms with E-state index in [0.717, 1.165) is 24.2 Å². The van der Waals surface area contributed by atoms with E-state index >= 15 is 0 Å². The molecule has 0 aromatic heterocycles. The molecule has 1 unspecified atom stereocenters. The van der Waals surface area contributed by atoms with Crippen molar-refractivity contribution in [1.82, 2.24) is 0 Å². The van der Waals surface area contributed by atoms with Crippen LogP contribution in [0.2, 0.25) is 0 Å². The zero-order valence-electron chi connectivity index (χ0n) is 12.7. The summed E-state index contributed by atoms with van der Waals surface area (Å²) in [5, 5.41) is 0. The van der Waals surface area contributed by atoms with Gasteiger partial charge in [0, 0.05) is 11.6 Å². The summed E-state index contributed by atoms with van der Waals surface area (Å²) in [6.45, 7) is 4.96. The lowest BCUT2D eigenvalue weighted by Crippen LogP contribution is -2.19. The molecule has 2 rings (SSSR count). The molecular formula is C16H23NO4. The van der Waals surface area contributed by atoms with Gasteiger partial charge in [0.05, 0.1) is 26.2 Å². The van der Waals surface area contributed by atoms with E-state index in [1.165, 1.54) is 5.56 Å². The predicted octanol–water partition coefficient (Wildman–Crippen LogP) is 1.84. The van der Waals surface area contributed by atoms with Crippen LogP contribution in [0, 0.1) is 0 Å². The Bertz CT molecular complexity index is 501. The van der Waals surface area contributed by atoms with Crippen molar-refractivity contribution in [2.75, 3.05) is 19.8 Å². The molecule has 116 valence electrons. The highest BCUT2D eigenvalue weighted by molar-refractivity contribution is 5.69. The van der Waals surface area contributed by atoms with Crippen molar-refractivity contribution in [3.8, 4) is 11.5 Å². The quantitative estimate of drug-likeness (QED) is 0.777. The maximum atomic E-state index is 11.4. The summed E-state index contributed by atoms with van der Waals surface area (Å²) in [4.78, 5) is 11.4. The van der Waals surface area contributed by atoms with Crippen molar-refractivity contribution in [1.29, 1.82) is 0 Å². The fourth-order valence-corrected chi connectivity index (χ4v) is 2.58. The Balaban J connectivity index is 2.09. The zero-order valence-corrected chi connectivity index (χ0v) is 12.7. The summed E-state index contributed by atoms with van der Waals surface area (Å²) in [6, 6.07) is 4.09. The SMILES string of the molecule is CCOC(=O)CCOc1c(OCC)ccc2c1CC(N)C2. The molecule has 0 radical (unpaired) electrons. The van der Waals surface area contributed by atoms with E-state index in [-0.39, 0.29) is 25.0 Å². The minimum atomic E-state index is -0.250. The maximum Gasteiger partial charge on any atom is 0.309 e. The number of carbonyl (C=O) groups is 1. The Morgan fingerprint density at radius 1 is 1.24 bits per heavy atom. The van der Waals surface area contributed by atoms with Crippen molar-refractivity contribution in [2.24, 2.45) is 5.73 Å². The molecular weight excluding hydrogens is 270 g/mol. The molecule has 5 heteroatoms. The first-order valence-electron chi connectivity index (χ1n) is 7.47. The van der Waals surface area contributed by atoms with Crippen LogP contribution < -0.4 is 15.2 Å². The summed E-state index contributed by atoms with van der Waals surface area (Å²) in [5.41, 5.74) is 8.34. The van der Waals surface area contributed by atoms with Crippen LogP contribution in [-0.2, 0) is 22.4 Å². The first-order valence-corrected chi connectivity index (χ1v) is 7.47. The molecule has 0 heterocycles. The standard InChI is InChI=1S/C16H23NO4/c1-3-19-14-6-5-11-9-12(17)10-13(11)16(14)21-8-7-15(18)20-4-2/h5-6,12H,3-4,7-10,17H2,1-2H3. The van der Waals surface area contributed by atoms with Crippen molar-refractivity contribution < 1.29 is 19.0 Å². The van der Waals surface area contributed by atoms with Crippen LogP contribution in [-0.4, -0.2) is 31.8 Å². The molecule has 0 bridgehead atoms. The highest BCUT2D eigenvalue weighted by Gasteiger charge is 2.24. The van der Waals surface area contributed by atoms with Crippen LogP contribution in [0.3, 0.4) is 0 Å². The third-order valence-corrected chi connectivity index (χ3v) is 3.43. The Labute approximate surface area is 125 Å². The number of esters is 1. The van der Waals surface area contributed by atoms with Crippen LogP contribution in [0.1, 0.15) is 31.4 Å². The molecule has 1 aliphatic carbocycles. The van der Waals surface area contributed by atoms with Gasteiger partial charge in [-0.1, -0.05) is 6.07 Å². The molecule has 5 nitrogen and oxygen atoms in total. The van der Waals surface area contributed by atoms with Gasteiger partial charge in [0.2, 0.25) is 0 Å². The summed E-state index contributed by atoms with van der Waals surface area (Å²) in [7, 11) is 0. The third-order valence-electron chi connectivity index (χ3n) is 3.43. The Morgan fingerprint density at radius 3 is 2.76 bits per heavy atom. The first-order chi connectivity index (χ1) is 10.2. The monoisotopic (exact) mass is 293 g/mol. The summed E-state index contributed by atoms with van der Waals surface area (Å²) < 4.78 is 16.3. The van der Waals surface area contributed by atoms with Gasteiger partial charge in [-0.25, -0.2) is 0 Å². The number of carbonyl (C=O) groups excluding carboxylic acids is 1. The zero-order chi connectivity index (χ0) is 15.2. The largest absolute Gasteiger partial charge is 0.490 e. The fraction of sp³-hybridized carbons (Fsp3) is 0.562. The summed E-state index contributed by atoms with van der Waals surface area (Å²) in [6.07, 6.45) is 1.87. The smallest absolute Gasteiger partial charge is 0.309 e. The minimum Gasteiger partial charge on any atom is -0.490 e. The van der Waals surface area contributed by atoms with Gasteiger partial charge in [-0.05, 0) is 38.3 Å². The fourth-order valence-electron chi connectivity index (χ4n) is 2.58. The molecule has 0 spiro atoms. The van der Waals surface area contributed by atoms with Gasteiger partial charge in [-0.2, -0.15) is 0 Å². The Kier molecular flexibility index (Phi) is 5.44. The van der Waals surface area contributed by atoms with Gasteiger partial charge in [0.1, 0.15) is 0 Å². The maximum absolute atomic E-state index is 11.4. The molecule has 21 heavy (non-hydrogen) atoms. The molecule has 1 aromatic carbocycles. The molecule has 0 saturated heterocycles. The van der Waals surface area contributed by atoms with E-state index in [4.69, 9.17) is 19.9 Å². The van der Waals surface area contributed by atoms with Crippen LogP contribution in [0.5, 0.6) is 11.5 Å². The third kappa shape index (κ3) is 3.88. The van der Waals surface area contributed by atoms with Gasteiger partial charge < -0.3 is 19.9 Å². The van der Waals surface area contributed by atoms with Gasteiger partial charge in [0.15, 0.2) is 11.5 Å². The number of hydrogen-bond donors (Lipinski definition) is 1. The Morgan fingerprint density at radius 2 is 2.05 bits per heavy atom. The molecule has 0 amide bonds. The van der Waals surface area contributed by atoms with E-state index in [1.807, 2.05) is 19.1 Å². The number of nitrogens with two attached hydrogens (primary N) is 1. The van der Waals surface area contributed by atoms with E-state index in [0.29, 0.717) is 19.0 Å². The van der Waals surface area contributed by atoms with Gasteiger partial charge >= 0.3 is 5.97 Å². The molecule has 0 aliphatic heterocycles. The number of fused-ring (bicyclic) bond motifs is 1. The van der Waals surface area contributed by atoms with Crippen molar-refractivity contribution in [2.45, 2.75) is 39.2 Å². The second-order valence-corrected chi connectivity index (χ2v) is 5.04. The van der Waals surface area contributed by atoms with Crippen molar-refractivity contribution >= 4 is 5.97 Å². The summed E-state index contributed by atoms with van der Waals surface area (Å²) in [5.74, 6) is 1.19. The molecule has 0 fully saturated rings. The second-order valence-electron chi connectivity index (χ2n) is 5.04.